The molecule has 0 aliphatic rings. The first-order chi connectivity index (χ1) is 12.6. The molecule has 2 amide bonds. The number of carbonyl (C=O) groups is 2. The Morgan fingerprint density at radius 3 is 2.44 bits per heavy atom. The topological polar surface area (TPSA) is 99.8 Å². The quantitative estimate of drug-likeness (QED) is 0.714. The number of hydrogen-bond acceptors (Lipinski definition) is 4. The van der Waals surface area contributed by atoms with Gasteiger partial charge in [0.15, 0.2) is 0 Å². The van der Waals surface area contributed by atoms with Crippen LogP contribution in [0.4, 0.5) is 19.1 Å². The van der Waals surface area contributed by atoms with Crippen LogP contribution in [0.25, 0.3) is 0 Å². The lowest BCUT2D eigenvalue weighted by molar-refractivity contribution is -0.144. The maximum absolute atomic E-state index is 12.6. The van der Waals surface area contributed by atoms with Crippen molar-refractivity contribution in [1.82, 2.24) is 20.5 Å². The fourth-order valence-electron chi connectivity index (χ4n) is 2.41. The monoisotopic (exact) mass is 383 g/mol. The molecule has 1 aromatic carbocycles. The number of benzene rings is 1. The van der Waals surface area contributed by atoms with Crippen LogP contribution in [0.1, 0.15) is 42.0 Å². The summed E-state index contributed by atoms with van der Waals surface area (Å²) in [6, 6.07) is 5.92. The van der Waals surface area contributed by atoms with Crippen molar-refractivity contribution < 1.29 is 22.8 Å². The summed E-state index contributed by atoms with van der Waals surface area (Å²) in [5, 5.41) is 9.88. The van der Waals surface area contributed by atoms with Gasteiger partial charge >= 0.3 is 6.18 Å². The van der Waals surface area contributed by atoms with Crippen LogP contribution in [0.15, 0.2) is 24.3 Å². The first-order valence-electron chi connectivity index (χ1n) is 8.25. The van der Waals surface area contributed by atoms with Gasteiger partial charge in [-0.25, -0.2) is 0 Å². The second-order valence-electron chi connectivity index (χ2n) is 6.47. The SMILES string of the molecule is Cc1ccccc1C(=O)NC(CC(C)C)C(=O)Nc1n[nH]c(C(F)(F)F)n1. The number of amides is 2. The highest BCUT2D eigenvalue weighted by Crippen LogP contribution is 2.26. The van der Waals surface area contributed by atoms with Crippen LogP contribution in [-0.4, -0.2) is 33.0 Å². The normalized spacial score (nSPS) is 12.7. The number of halogens is 3. The minimum absolute atomic E-state index is 0.0517. The molecule has 2 rings (SSSR count). The summed E-state index contributed by atoms with van der Waals surface area (Å²) in [7, 11) is 0. The number of hydrogen-bond donors (Lipinski definition) is 3. The molecule has 27 heavy (non-hydrogen) atoms. The summed E-state index contributed by atoms with van der Waals surface area (Å²) in [5.74, 6) is -2.91. The molecule has 1 heterocycles. The van der Waals surface area contributed by atoms with Crippen molar-refractivity contribution in [2.75, 3.05) is 5.32 Å². The minimum atomic E-state index is -4.70. The summed E-state index contributed by atoms with van der Waals surface area (Å²) >= 11 is 0. The zero-order valence-electron chi connectivity index (χ0n) is 15.0. The molecule has 0 fully saturated rings. The van der Waals surface area contributed by atoms with E-state index >= 15 is 0 Å². The van der Waals surface area contributed by atoms with Crippen molar-refractivity contribution in [2.45, 2.75) is 39.4 Å². The Labute approximate surface area is 153 Å². The molecular weight excluding hydrogens is 363 g/mol. The summed E-state index contributed by atoms with van der Waals surface area (Å²) < 4.78 is 37.7. The van der Waals surface area contributed by atoms with Gasteiger partial charge in [0.25, 0.3) is 5.91 Å². The van der Waals surface area contributed by atoms with Crippen LogP contribution in [0.2, 0.25) is 0 Å². The highest BCUT2D eigenvalue weighted by Gasteiger charge is 2.35. The van der Waals surface area contributed by atoms with Crippen LogP contribution < -0.4 is 10.6 Å². The molecule has 1 atom stereocenters. The predicted molar refractivity (Wildman–Crippen MR) is 91.9 cm³/mol. The van der Waals surface area contributed by atoms with Crippen molar-refractivity contribution in [1.29, 1.82) is 0 Å². The lowest BCUT2D eigenvalue weighted by Gasteiger charge is -2.20. The molecular formula is C17H20F3N5O2. The van der Waals surface area contributed by atoms with Crippen molar-refractivity contribution in [3.8, 4) is 0 Å². The molecule has 0 saturated carbocycles. The molecule has 0 radical (unpaired) electrons. The number of carbonyl (C=O) groups excluding carboxylic acids is 2. The van der Waals surface area contributed by atoms with E-state index < -0.39 is 35.8 Å². The third-order valence-electron chi connectivity index (χ3n) is 3.71. The maximum Gasteiger partial charge on any atom is 0.451 e. The number of anilines is 1. The van der Waals surface area contributed by atoms with Gasteiger partial charge in [0.2, 0.25) is 17.7 Å². The number of nitrogens with one attached hydrogen (secondary N) is 3. The van der Waals surface area contributed by atoms with Crippen molar-refractivity contribution >= 4 is 17.8 Å². The van der Waals surface area contributed by atoms with E-state index in [0.717, 1.165) is 5.56 Å². The summed E-state index contributed by atoms with van der Waals surface area (Å²) in [4.78, 5) is 28.1. The van der Waals surface area contributed by atoms with Crippen molar-refractivity contribution in [3.63, 3.8) is 0 Å². The zero-order valence-corrected chi connectivity index (χ0v) is 15.0. The van der Waals surface area contributed by atoms with E-state index in [0.29, 0.717) is 12.0 Å². The number of aryl methyl sites for hydroxylation is 1. The molecule has 0 spiro atoms. The van der Waals surface area contributed by atoms with Crippen molar-refractivity contribution in [3.05, 3.63) is 41.2 Å². The summed E-state index contributed by atoms with van der Waals surface area (Å²) in [6.07, 6.45) is -4.41. The average Bonchev–Trinajstić information content (AvgIpc) is 3.03. The molecule has 0 saturated heterocycles. The van der Waals surface area contributed by atoms with E-state index in [2.05, 4.69) is 20.7 Å². The van der Waals surface area contributed by atoms with E-state index in [1.807, 2.05) is 13.8 Å². The number of alkyl halides is 3. The Hall–Kier alpha value is -2.91. The highest BCUT2D eigenvalue weighted by molar-refractivity contribution is 6.01. The Kier molecular flexibility index (Phi) is 6.19. The van der Waals surface area contributed by atoms with Gasteiger partial charge in [0.05, 0.1) is 0 Å². The zero-order chi connectivity index (χ0) is 20.2. The first kappa shape index (κ1) is 20.4. The van der Waals surface area contributed by atoms with Gasteiger partial charge in [0, 0.05) is 5.56 Å². The third-order valence-corrected chi connectivity index (χ3v) is 3.71. The Morgan fingerprint density at radius 2 is 1.89 bits per heavy atom. The van der Waals surface area contributed by atoms with Crippen molar-refractivity contribution in [2.24, 2.45) is 5.92 Å². The molecule has 0 aliphatic heterocycles. The van der Waals surface area contributed by atoms with Gasteiger partial charge in [-0.05, 0) is 30.9 Å². The second kappa shape index (κ2) is 8.19. The smallest absolute Gasteiger partial charge is 0.340 e. The summed E-state index contributed by atoms with van der Waals surface area (Å²) in [6.45, 7) is 5.47. The number of aromatic amines is 1. The van der Waals surface area contributed by atoms with E-state index in [-0.39, 0.29) is 5.92 Å². The third kappa shape index (κ3) is 5.53. The van der Waals surface area contributed by atoms with E-state index in [1.165, 1.54) is 0 Å². The molecule has 0 aliphatic carbocycles. The fourth-order valence-corrected chi connectivity index (χ4v) is 2.41. The number of H-pyrrole nitrogens is 1. The molecule has 7 nitrogen and oxygen atoms in total. The first-order valence-corrected chi connectivity index (χ1v) is 8.25. The van der Waals surface area contributed by atoms with E-state index in [9.17, 15) is 22.8 Å². The Bertz CT molecular complexity index is 817. The minimum Gasteiger partial charge on any atom is -0.340 e. The molecule has 1 unspecified atom stereocenters. The molecule has 10 heteroatoms. The van der Waals surface area contributed by atoms with E-state index in [4.69, 9.17) is 0 Å². The van der Waals surface area contributed by atoms with Crippen LogP contribution in [0.5, 0.6) is 0 Å². The molecule has 2 aromatic rings. The lowest BCUT2D eigenvalue weighted by Crippen LogP contribution is -2.45. The van der Waals surface area contributed by atoms with E-state index in [1.54, 1.807) is 36.3 Å². The van der Waals surface area contributed by atoms with Gasteiger partial charge in [-0.15, -0.1) is 5.10 Å². The average molecular weight is 383 g/mol. The number of rotatable bonds is 6. The van der Waals surface area contributed by atoms with Gasteiger partial charge in [-0.2, -0.15) is 18.2 Å². The molecule has 1 aromatic heterocycles. The van der Waals surface area contributed by atoms with Gasteiger partial charge < -0.3 is 5.32 Å². The standard InChI is InChI=1S/C17H20F3N5O2/c1-9(2)8-12(21-13(26)11-7-5-4-6-10(11)3)14(27)22-16-23-15(24-25-16)17(18,19)20/h4-7,9,12H,8H2,1-3H3,(H,21,26)(H2,22,23,24,25,27). The Balaban J connectivity index is 2.13. The van der Waals surface area contributed by atoms with Crippen LogP contribution >= 0.6 is 0 Å². The second-order valence-corrected chi connectivity index (χ2v) is 6.47. The number of aromatic nitrogens is 3. The summed E-state index contributed by atoms with van der Waals surface area (Å²) in [5.41, 5.74) is 1.15. The predicted octanol–water partition coefficient (Wildman–Crippen LogP) is 2.92. The van der Waals surface area contributed by atoms with Gasteiger partial charge in [-0.1, -0.05) is 32.0 Å². The van der Waals surface area contributed by atoms with Crippen LogP contribution in [0.3, 0.4) is 0 Å². The maximum atomic E-state index is 12.6. The molecule has 146 valence electrons. The van der Waals surface area contributed by atoms with Crippen LogP contribution in [0, 0.1) is 12.8 Å². The Morgan fingerprint density at radius 1 is 1.22 bits per heavy atom. The van der Waals surface area contributed by atoms with Gasteiger partial charge in [0.1, 0.15) is 6.04 Å². The lowest BCUT2D eigenvalue weighted by atomic mass is 10.0. The van der Waals surface area contributed by atoms with Gasteiger partial charge in [-0.3, -0.25) is 20.0 Å². The molecule has 3 N–H and O–H groups in total. The fraction of sp³-hybridized carbons (Fsp3) is 0.412. The number of nitrogens with zero attached hydrogens (tertiary/aromatic N) is 2. The highest BCUT2D eigenvalue weighted by atomic mass is 19.4. The largest absolute Gasteiger partial charge is 0.451 e. The molecule has 0 bridgehead atoms. The van der Waals surface area contributed by atoms with Crippen LogP contribution in [-0.2, 0) is 11.0 Å².